The third-order valence-electron chi connectivity index (χ3n) is 1.60. The summed E-state index contributed by atoms with van der Waals surface area (Å²) in [7, 11) is 0. The lowest BCUT2D eigenvalue weighted by Gasteiger charge is -2.07. The molecule has 14 heavy (non-hydrogen) atoms. The van der Waals surface area contributed by atoms with E-state index in [-0.39, 0.29) is 0 Å². The van der Waals surface area contributed by atoms with Crippen LogP contribution in [0.1, 0.15) is 33.3 Å². The maximum absolute atomic E-state index is 5.83. The summed E-state index contributed by atoms with van der Waals surface area (Å²) in [5.41, 5.74) is 1.23. The Kier molecular flexibility index (Phi) is 7.54. The first-order chi connectivity index (χ1) is 6.68. The molecule has 0 saturated heterocycles. The van der Waals surface area contributed by atoms with Gasteiger partial charge in [-0.05, 0) is 17.7 Å². The molecule has 0 bridgehead atoms. The molecule has 0 aromatic heterocycles. The highest BCUT2D eigenvalue weighted by atomic mass is 35.5. The predicted octanol–water partition coefficient (Wildman–Crippen LogP) is 3.86. The fourth-order valence-electron chi connectivity index (χ4n) is 0.969. The van der Waals surface area contributed by atoms with Crippen molar-refractivity contribution in [2.45, 2.75) is 40.3 Å². The topological polar surface area (TPSA) is 12.0 Å². The molecular weight excluding hydrogens is 194 g/mol. The lowest BCUT2D eigenvalue weighted by molar-refractivity contribution is 0.589. The van der Waals surface area contributed by atoms with E-state index in [0.29, 0.717) is 6.04 Å². The fraction of sp³-hybridized carbons (Fsp3) is 0.500. The first kappa shape index (κ1) is 13.5. The quantitative estimate of drug-likeness (QED) is 0.804. The molecule has 0 unspecified atom stereocenters. The standard InChI is InChI=1S/C10H14ClN.C2H6/c1-8(2)12-7-9-4-3-5-10(11)6-9;1-2/h3-6,8,12H,7H2,1-2H3;1-2H3. The molecule has 0 saturated carbocycles. The second-order valence-corrected chi connectivity index (χ2v) is 3.60. The summed E-state index contributed by atoms with van der Waals surface area (Å²) in [6.45, 7) is 9.15. The van der Waals surface area contributed by atoms with Crippen molar-refractivity contribution in [3.8, 4) is 0 Å². The first-order valence-electron chi connectivity index (χ1n) is 5.16. The van der Waals surface area contributed by atoms with E-state index >= 15 is 0 Å². The maximum Gasteiger partial charge on any atom is 0.0409 e. The lowest BCUT2D eigenvalue weighted by atomic mass is 10.2. The van der Waals surface area contributed by atoms with Crippen LogP contribution in [0, 0.1) is 0 Å². The van der Waals surface area contributed by atoms with Gasteiger partial charge in [-0.3, -0.25) is 0 Å². The Morgan fingerprint density at radius 1 is 1.29 bits per heavy atom. The van der Waals surface area contributed by atoms with Crippen molar-refractivity contribution in [3.63, 3.8) is 0 Å². The Bertz CT molecular complexity index is 246. The molecule has 0 aliphatic carbocycles. The minimum absolute atomic E-state index is 0.518. The van der Waals surface area contributed by atoms with Crippen molar-refractivity contribution in [1.29, 1.82) is 0 Å². The average molecular weight is 214 g/mol. The molecule has 0 radical (unpaired) electrons. The van der Waals surface area contributed by atoms with Crippen LogP contribution in [0.4, 0.5) is 0 Å². The summed E-state index contributed by atoms with van der Waals surface area (Å²) in [4.78, 5) is 0. The monoisotopic (exact) mass is 213 g/mol. The zero-order valence-electron chi connectivity index (χ0n) is 9.47. The Labute approximate surface area is 92.5 Å². The van der Waals surface area contributed by atoms with Crippen molar-refractivity contribution in [1.82, 2.24) is 5.32 Å². The highest BCUT2D eigenvalue weighted by Gasteiger charge is 1.95. The molecule has 1 nitrogen and oxygen atoms in total. The third-order valence-corrected chi connectivity index (χ3v) is 1.84. The highest BCUT2D eigenvalue weighted by Crippen LogP contribution is 2.10. The zero-order valence-corrected chi connectivity index (χ0v) is 10.2. The van der Waals surface area contributed by atoms with Gasteiger partial charge in [0.1, 0.15) is 0 Å². The molecule has 0 heterocycles. The average Bonchev–Trinajstić information content (AvgIpc) is 2.18. The van der Waals surface area contributed by atoms with Crippen LogP contribution in [0.5, 0.6) is 0 Å². The Hall–Kier alpha value is -0.530. The number of benzene rings is 1. The van der Waals surface area contributed by atoms with Gasteiger partial charge in [0.05, 0.1) is 0 Å². The summed E-state index contributed by atoms with van der Waals surface area (Å²) in [5.74, 6) is 0. The fourth-order valence-corrected chi connectivity index (χ4v) is 1.18. The van der Waals surface area contributed by atoms with Gasteiger partial charge < -0.3 is 5.32 Å². The molecule has 0 fully saturated rings. The van der Waals surface area contributed by atoms with E-state index in [2.05, 4.69) is 25.2 Å². The first-order valence-corrected chi connectivity index (χ1v) is 5.54. The van der Waals surface area contributed by atoms with Gasteiger partial charge in [-0.15, -0.1) is 0 Å². The molecule has 80 valence electrons. The number of nitrogens with one attached hydrogen (secondary N) is 1. The third kappa shape index (κ3) is 6.01. The normalized spacial score (nSPS) is 9.57. The van der Waals surface area contributed by atoms with Gasteiger partial charge in [0.25, 0.3) is 0 Å². The summed E-state index contributed by atoms with van der Waals surface area (Å²) in [5, 5.41) is 4.13. The number of halogens is 1. The molecule has 0 aliphatic rings. The van der Waals surface area contributed by atoms with Gasteiger partial charge in [-0.25, -0.2) is 0 Å². The van der Waals surface area contributed by atoms with Gasteiger partial charge in [-0.1, -0.05) is 51.4 Å². The van der Waals surface area contributed by atoms with Crippen LogP contribution in [0.2, 0.25) is 5.02 Å². The Morgan fingerprint density at radius 3 is 2.43 bits per heavy atom. The number of hydrogen-bond donors (Lipinski definition) is 1. The second-order valence-electron chi connectivity index (χ2n) is 3.17. The summed E-state index contributed by atoms with van der Waals surface area (Å²) < 4.78 is 0. The predicted molar refractivity (Wildman–Crippen MR) is 64.8 cm³/mol. The van der Waals surface area contributed by atoms with E-state index in [4.69, 9.17) is 11.6 Å². The largest absolute Gasteiger partial charge is 0.310 e. The van der Waals surface area contributed by atoms with Crippen molar-refractivity contribution in [3.05, 3.63) is 34.9 Å². The van der Waals surface area contributed by atoms with Gasteiger partial charge in [0.2, 0.25) is 0 Å². The molecule has 0 atom stereocenters. The van der Waals surface area contributed by atoms with Gasteiger partial charge in [0, 0.05) is 17.6 Å². The maximum atomic E-state index is 5.83. The minimum atomic E-state index is 0.518. The highest BCUT2D eigenvalue weighted by molar-refractivity contribution is 6.30. The molecule has 0 aliphatic heterocycles. The van der Waals surface area contributed by atoms with Crippen LogP contribution in [-0.4, -0.2) is 6.04 Å². The molecule has 1 rings (SSSR count). The molecule has 2 heteroatoms. The van der Waals surface area contributed by atoms with E-state index < -0.39 is 0 Å². The molecule has 1 N–H and O–H groups in total. The molecule has 0 spiro atoms. The van der Waals surface area contributed by atoms with Crippen LogP contribution in [0.25, 0.3) is 0 Å². The summed E-state index contributed by atoms with van der Waals surface area (Å²) >= 11 is 5.83. The van der Waals surface area contributed by atoms with Crippen molar-refractivity contribution < 1.29 is 0 Å². The second kappa shape index (κ2) is 7.84. The van der Waals surface area contributed by atoms with Crippen LogP contribution in [-0.2, 0) is 6.54 Å². The number of rotatable bonds is 3. The smallest absolute Gasteiger partial charge is 0.0409 e. The van der Waals surface area contributed by atoms with Crippen molar-refractivity contribution >= 4 is 11.6 Å². The number of hydrogen-bond acceptors (Lipinski definition) is 1. The summed E-state index contributed by atoms with van der Waals surface area (Å²) in [6.07, 6.45) is 0. The van der Waals surface area contributed by atoms with Crippen LogP contribution in [0.3, 0.4) is 0 Å². The van der Waals surface area contributed by atoms with Gasteiger partial charge >= 0.3 is 0 Å². The van der Waals surface area contributed by atoms with Crippen LogP contribution >= 0.6 is 11.6 Å². The minimum Gasteiger partial charge on any atom is -0.310 e. The molecule has 1 aromatic carbocycles. The van der Waals surface area contributed by atoms with E-state index in [1.165, 1.54) is 5.56 Å². The molecular formula is C12H20ClN. The zero-order chi connectivity index (χ0) is 11.0. The van der Waals surface area contributed by atoms with Crippen LogP contribution in [0.15, 0.2) is 24.3 Å². The van der Waals surface area contributed by atoms with Crippen molar-refractivity contribution in [2.24, 2.45) is 0 Å². The Balaban J connectivity index is 0.000000791. The van der Waals surface area contributed by atoms with Crippen LogP contribution < -0.4 is 5.32 Å². The lowest BCUT2D eigenvalue weighted by Crippen LogP contribution is -2.21. The van der Waals surface area contributed by atoms with Crippen molar-refractivity contribution in [2.75, 3.05) is 0 Å². The van der Waals surface area contributed by atoms with Gasteiger partial charge in [0.15, 0.2) is 0 Å². The van der Waals surface area contributed by atoms with Gasteiger partial charge in [-0.2, -0.15) is 0 Å². The van der Waals surface area contributed by atoms with E-state index in [1.807, 2.05) is 32.0 Å². The molecule has 1 aromatic rings. The molecule has 0 amide bonds. The van der Waals surface area contributed by atoms with E-state index in [1.54, 1.807) is 0 Å². The van der Waals surface area contributed by atoms with E-state index in [0.717, 1.165) is 11.6 Å². The SMILES string of the molecule is CC.CC(C)NCc1cccc(Cl)c1. The Morgan fingerprint density at radius 2 is 1.93 bits per heavy atom. The summed E-state index contributed by atoms with van der Waals surface area (Å²) in [6, 6.07) is 8.43. The van der Waals surface area contributed by atoms with E-state index in [9.17, 15) is 0 Å².